The summed E-state index contributed by atoms with van der Waals surface area (Å²) in [5.74, 6) is -5.32. The number of carbonyl (C=O) groups is 10. The zero-order valence-electron chi connectivity index (χ0n) is 53.2. The SMILES string of the molecule is CCCCCCCCC(NC(=O)[C@@H]1CCCN1C(=O)c1ccc(OC)cc1)C(=O)N[C@@H](CC(C)C)C(=O)NC(C)(C)C(=O)N[C@@H](CC(C)C)C(=O)N[C@@H](CC(C)C)C(=O)NC(C)(C)C(=O)NC(C)(C)C(=O)NCCC(=O)N[C@@H](C)CN(C)C. The van der Waals surface area contributed by atoms with Crippen molar-refractivity contribution in [3.05, 3.63) is 29.8 Å². The van der Waals surface area contributed by atoms with E-state index in [-0.39, 0.29) is 67.8 Å². The van der Waals surface area contributed by atoms with E-state index in [4.69, 9.17) is 4.74 Å². The van der Waals surface area contributed by atoms with Crippen molar-refractivity contribution in [1.82, 2.24) is 57.7 Å². The molecule has 1 aromatic carbocycles. The van der Waals surface area contributed by atoms with Crippen molar-refractivity contribution in [3.63, 3.8) is 0 Å². The van der Waals surface area contributed by atoms with Crippen molar-refractivity contribution in [1.29, 1.82) is 0 Å². The molecule has 22 heteroatoms. The van der Waals surface area contributed by atoms with Crippen molar-refractivity contribution in [3.8, 4) is 5.75 Å². The molecule has 0 spiro atoms. The van der Waals surface area contributed by atoms with E-state index in [0.717, 1.165) is 32.1 Å². The van der Waals surface area contributed by atoms with E-state index in [2.05, 4.69) is 54.8 Å². The molecule has 0 bridgehead atoms. The van der Waals surface area contributed by atoms with E-state index in [1.54, 1.807) is 24.3 Å². The fourth-order valence-electron chi connectivity index (χ4n) is 9.69. The van der Waals surface area contributed by atoms with Gasteiger partial charge in [-0.3, -0.25) is 47.9 Å². The first-order valence-corrected chi connectivity index (χ1v) is 30.0. The molecule has 0 aromatic heterocycles. The number of nitrogens with one attached hydrogen (secondary N) is 9. The third-order valence-electron chi connectivity index (χ3n) is 14.3. The quantitative estimate of drug-likeness (QED) is 0.0423. The number of rotatable bonds is 36. The van der Waals surface area contributed by atoms with Gasteiger partial charge in [0.2, 0.25) is 53.2 Å². The van der Waals surface area contributed by atoms with Gasteiger partial charge in [0.15, 0.2) is 0 Å². The van der Waals surface area contributed by atoms with Crippen molar-refractivity contribution < 1.29 is 52.7 Å². The van der Waals surface area contributed by atoms with Gasteiger partial charge in [0.25, 0.3) is 5.91 Å². The van der Waals surface area contributed by atoms with Gasteiger partial charge >= 0.3 is 0 Å². The lowest BCUT2D eigenvalue weighted by Crippen LogP contribution is -2.65. The first-order valence-electron chi connectivity index (χ1n) is 30.0. The van der Waals surface area contributed by atoms with Crippen LogP contribution in [0.25, 0.3) is 0 Å². The molecule has 1 heterocycles. The standard InChI is InChI=1S/C61H105N11O11/c1-18-19-20-21-22-23-25-44(64-54(78)48-26-24-33-72(48)55(79)42-27-29-43(83-17)30-28-42)50(74)65-46(35-39(4)5)52(76)68-60(11,12)57(81)67-45(34-38(2)3)51(75)66-47(36-40(6)7)53(77)69-61(13,14)58(82)70-59(9,10)56(80)62-32-31-49(73)63-41(8)37-71(15)16/h27-30,38-41,44-48H,18-26,31-37H2,1-17H3,(H,62,80)(H,63,73)(H,64,78)(H,65,74)(H,66,75)(H,67,81)(H,68,76)(H,69,77)(H,70,82)/t41-,44?,45-,46-,47-,48-/m0/s1. The largest absolute Gasteiger partial charge is 0.497 e. The smallest absolute Gasteiger partial charge is 0.254 e. The van der Waals surface area contributed by atoms with Gasteiger partial charge in [0.05, 0.1) is 7.11 Å². The Morgan fingerprint density at radius 3 is 1.58 bits per heavy atom. The Labute approximate surface area is 495 Å². The third-order valence-corrected chi connectivity index (χ3v) is 14.3. The first kappa shape index (κ1) is 72.8. The summed E-state index contributed by atoms with van der Waals surface area (Å²) in [6, 6.07) is 1.24. The number of likely N-dealkylation sites (N-methyl/N-ethyl adjacent to an activating group) is 1. The minimum absolute atomic E-state index is 0.0271. The van der Waals surface area contributed by atoms with Gasteiger partial charge in [-0.05, 0) is 143 Å². The van der Waals surface area contributed by atoms with Crippen LogP contribution in [-0.4, -0.2) is 163 Å². The molecule has 9 N–H and O–H groups in total. The molecule has 2 rings (SSSR count). The Balaban J connectivity index is 2.25. The molecule has 10 amide bonds. The molecule has 1 fully saturated rings. The van der Waals surface area contributed by atoms with Gasteiger partial charge in [-0.1, -0.05) is 87.0 Å². The van der Waals surface area contributed by atoms with E-state index in [1.165, 1.54) is 53.6 Å². The minimum atomic E-state index is -1.64. The number of hydrogen-bond donors (Lipinski definition) is 9. The van der Waals surface area contributed by atoms with Gasteiger partial charge in [0.1, 0.15) is 52.6 Å². The lowest BCUT2D eigenvalue weighted by atomic mass is 9.96. The number of likely N-dealkylation sites (tertiary alicyclic amines) is 1. The number of unbranched alkanes of at least 4 members (excludes halogenated alkanes) is 5. The molecule has 0 saturated carbocycles. The summed E-state index contributed by atoms with van der Waals surface area (Å²) in [6.45, 7) is 25.1. The number of carbonyl (C=O) groups excluding carboxylic acids is 10. The monoisotopic (exact) mass is 1170 g/mol. The van der Waals surface area contributed by atoms with E-state index < -0.39 is 94.1 Å². The maximum atomic E-state index is 14.4. The van der Waals surface area contributed by atoms with Gasteiger partial charge < -0.3 is 62.4 Å². The molecule has 1 unspecified atom stereocenters. The molecule has 1 saturated heterocycles. The van der Waals surface area contributed by atoms with Crippen LogP contribution < -0.4 is 52.6 Å². The van der Waals surface area contributed by atoms with E-state index in [1.807, 2.05) is 67.5 Å². The van der Waals surface area contributed by atoms with Crippen LogP contribution in [0.15, 0.2) is 24.3 Å². The summed E-state index contributed by atoms with van der Waals surface area (Å²) in [5, 5.41) is 25.2. The summed E-state index contributed by atoms with van der Waals surface area (Å²) in [5.41, 5.74) is -4.27. The molecule has 470 valence electrons. The van der Waals surface area contributed by atoms with E-state index in [9.17, 15) is 47.9 Å². The lowest BCUT2D eigenvalue weighted by molar-refractivity contribution is -0.139. The van der Waals surface area contributed by atoms with Crippen molar-refractivity contribution in [2.24, 2.45) is 17.8 Å². The highest BCUT2D eigenvalue weighted by molar-refractivity contribution is 6.01. The van der Waals surface area contributed by atoms with Crippen LogP contribution in [0, 0.1) is 17.8 Å². The maximum absolute atomic E-state index is 14.4. The van der Waals surface area contributed by atoms with Crippen LogP contribution in [0.4, 0.5) is 0 Å². The van der Waals surface area contributed by atoms with Gasteiger partial charge in [-0.25, -0.2) is 0 Å². The predicted molar refractivity (Wildman–Crippen MR) is 322 cm³/mol. The number of amides is 10. The summed E-state index contributed by atoms with van der Waals surface area (Å²) < 4.78 is 5.24. The van der Waals surface area contributed by atoms with Gasteiger partial charge in [0, 0.05) is 37.7 Å². The van der Waals surface area contributed by atoms with E-state index in [0.29, 0.717) is 50.1 Å². The van der Waals surface area contributed by atoms with Crippen molar-refractivity contribution in [2.45, 2.75) is 233 Å². The molecular weight excluding hydrogens is 1060 g/mol. The van der Waals surface area contributed by atoms with Crippen molar-refractivity contribution in [2.75, 3.05) is 40.8 Å². The average Bonchev–Trinajstić information content (AvgIpc) is 3.92. The van der Waals surface area contributed by atoms with Crippen LogP contribution in [0.2, 0.25) is 0 Å². The number of benzene rings is 1. The Morgan fingerprint density at radius 2 is 1.07 bits per heavy atom. The Morgan fingerprint density at radius 1 is 0.590 bits per heavy atom. The predicted octanol–water partition coefficient (Wildman–Crippen LogP) is 4.38. The molecule has 1 aromatic rings. The zero-order chi connectivity index (χ0) is 63.0. The third kappa shape index (κ3) is 25.6. The highest BCUT2D eigenvalue weighted by atomic mass is 16.5. The number of methoxy groups -OCH3 is 1. The molecule has 0 aliphatic carbocycles. The summed E-state index contributed by atoms with van der Waals surface area (Å²) in [7, 11) is 5.33. The number of ether oxygens (including phenoxy) is 1. The second-order valence-corrected chi connectivity index (χ2v) is 25.6. The van der Waals surface area contributed by atoms with Crippen LogP contribution in [0.1, 0.15) is 191 Å². The second kappa shape index (κ2) is 34.5. The average molecular weight is 1170 g/mol. The second-order valence-electron chi connectivity index (χ2n) is 25.6. The van der Waals surface area contributed by atoms with Crippen molar-refractivity contribution >= 4 is 59.1 Å². The normalized spacial score (nSPS) is 15.6. The molecule has 1 aliphatic heterocycles. The highest BCUT2D eigenvalue weighted by Gasteiger charge is 2.41. The number of nitrogens with zero attached hydrogens (tertiary/aromatic N) is 2. The number of hydrogen-bond acceptors (Lipinski definition) is 12. The topological polar surface area (TPSA) is 295 Å². The van der Waals surface area contributed by atoms with Crippen LogP contribution >= 0.6 is 0 Å². The first-order chi connectivity index (χ1) is 38.6. The lowest BCUT2D eigenvalue weighted by Gasteiger charge is -2.34. The Hall–Kier alpha value is -6.32. The summed E-state index contributed by atoms with van der Waals surface area (Å²) in [4.78, 5) is 142. The van der Waals surface area contributed by atoms with Gasteiger partial charge in [-0.15, -0.1) is 0 Å². The van der Waals surface area contributed by atoms with Gasteiger partial charge in [-0.2, -0.15) is 0 Å². The van der Waals surface area contributed by atoms with Crippen LogP contribution in [-0.2, 0) is 43.2 Å². The maximum Gasteiger partial charge on any atom is 0.254 e. The van der Waals surface area contributed by atoms with Crippen LogP contribution in [0.5, 0.6) is 5.75 Å². The molecule has 1 aliphatic rings. The molecule has 83 heavy (non-hydrogen) atoms. The Kier molecular flexibility index (Phi) is 30.2. The molecule has 0 radical (unpaired) electrons. The summed E-state index contributed by atoms with van der Waals surface area (Å²) in [6.07, 6.45) is 7.41. The van der Waals surface area contributed by atoms with E-state index >= 15 is 0 Å². The summed E-state index contributed by atoms with van der Waals surface area (Å²) >= 11 is 0. The fraction of sp³-hybridized carbons (Fsp3) is 0.738. The fourth-order valence-corrected chi connectivity index (χ4v) is 9.69. The minimum Gasteiger partial charge on any atom is -0.497 e. The highest BCUT2D eigenvalue weighted by Crippen LogP contribution is 2.23. The molecule has 6 atom stereocenters. The molecular formula is C61H105N11O11. The van der Waals surface area contributed by atoms with Crippen LogP contribution in [0.3, 0.4) is 0 Å². The molecule has 22 nitrogen and oxygen atoms in total. The zero-order valence-corrected chi connectivity index (χ0v) is 53.2. The Bertz CT molecular complexity index is 2320.